The number of nitrogens with zero attached hydrogens (tertiary/aromatic N) is 1. The molecule has 0 atom stereocenters. The average molecular weight is 746 g/mol. The smallest absolute Gasteiger partial charge is 0.135 e. The predicted molar refractivity (Wildman–Crippen MR) is 243 cm³/mol. The Labute approximate surface area is 335 Å². The van der Waals surface area contributed by atoms with Crippen LogP contribution < -0.4 is 4.90 Å². The summed E-state index contributed by atoms with van der Waals surface area (Å²) >= 11 is 1.86. The molecule has 2 nitrogen and oxygen atoms in total. The molecule has 11 rings (SSSR count). The molecule has 2 heterocycles. The van der Waals surface area contributed by atoms with E-state index in [0.717, 1.165) is 50.1 Å². The minimum absolute atomic E-state index is 0.894. The van der Waals surface area contributed by atoms with Gasteiger partial charge in [0.05, 0.1) is 10.4 Å². The summed E-state index contributed by atoms with van der Waals surface area (Å²) in [6.07, 6.45) is 0. The average Bonchev–Trinajstić information content (AvgIpc) is 3.86. The van der Waals surface area contributed by atoms with Crippen molar-refractivity contribution < 1.29 is 4.42 Å². The van der Waals surface area contributed by atoms with Crippen molar-refractivity contribution in [2.75, 3.05) is 4.90 Å². The Balaban J connectivity index is 1.09. The fourth-order valence-corrected chi connectivity index (χ4v) is 9.50. The summed E-state index contributed by atoms with van der Waals surface area (Å²) < 4.78 is 8.81. The Morgan fingerprint density at radius 2 is 0.895 bits per heavy atom. The first kappa shape index (κ1) is 33.2. The molecule has 0 aliphatic heterocycles. The summed E-state index contributed by atoms with van der Waals surface area (Å²) in [5.41, 5.74) is 14.6. The fraction of sp³-hybridized carbons (Fsp3) is 0. The van der Waals surface area contributed by atoms with Gasteiger partial charge in [0.2, 0.25) is 0 Å². The van der Waals surface area contributed by atoms with Crippen molar-refractivity contribution in [3.05, 3.63) is 212 Å². The first-order chi connectivity index (χ1) is 28.2. The Bertz CT molecular complexity index is 3210. The quantitative estimate of drug-likeness (QED) is 0.162. The highest BCUT2D eigenvalue weighted by Crippen LogP contribution is 2.47. The Hall–Kier alpha value is -7.20. The fourth-order valence-electron chi connectivity index (χ4n) is 8.30. The summed E-state index contributed by atoms with van der Waals surface area (Å²) in [6.45, 7) is 0. The lowest BCUT2D eigenvalue weighted by atomic mass is 9.92. The third-order valence-corrected chi connectivity index (χ3v) is 12.3. The van der Waals surface area contributed by atoms with E-state index >= 15 is 0 Å². The summed E-state index contributed by atoms with van der Waals surface area (Å²) in [5, 5.41) is 4.80. The molecular formula is C54H35NOS. The SMILES string of the molecule is c1ccc(-c2ccc(-c3ccc(N(c4ccc(-c5ccccc5)c(-c5ccc6oc7ccccc7c6c5)c4)c4cccc5c4sc4ccccc45)cc3)cc2)cc1. The van der Waals surface area contributed by atoms with Gasteiger partial charge in [-0.3, -0.25) is 0 Å². The number of fused-ring (bicyclic) bond motifs is 6. The van der Waals surface area contributed by atoms with Crippen LogP contribution in [0.5, 0.6) is 0 Å². The van der Waals surface area contributed by atoms with Crippen molar-refractivity contribution >= 4 is 70.5 Å². The molecule has 11 aromatic rings. The lowest BCUT2D eigenvalue weighted by Crippen LogP contribution is -2.10. The monoisotopic (exact) mass is 745 g/mol. The van der Waals surface area contributed by atoms with Crippen LogP contribution in [0.3, 0.4) is 0 Å². The van der Waals surface area contributed by atoms with E-state index in [1.807, 2.05) is 23.5 Å². The molecule has 57 heavy (non-hydrogen) atoms. The van der Waals surface area contributed by atoms with Gasteiger partial charge in [-0.25, -0.2) is 0 Å². The minimum atomic E-state index is 0.894. The van der Waals surface area contributed by atoms with Gasteiger partial charge in [0, 0.05) is 37.6 Å². The van der Waals surface area contributed by atoms with Crippen LogP contribution in [0.25, 0.3) is 86.6 Å². The molecule has 0 saturated heterocycles. The van der Waals surface area contributed by atoms with Gasteiger partial charge in [-0.15, -0.1) is 11.3 Å². The second-order valence-corrected chi connectivity index (χ2v) is 15.5. The van der Waals surface area contributed by atoms with Gasteiger partial charge in [0.1, 0.15) is 11.2 Å². The van der Waals surface area contributed by atoms with Gasteiger partial charge in [-0.05, 0) is 99.1 Å². The Morgan fingerprint density at radius 3 is 1.65 bits per heavy atom. The summed E-state index contributed by atoms with van der Waals surface area (Å²) in [6, 6.07) is 76.5. The van der Waals surface area contributed by atoms with Crippen LogP contribution in [0.15, 0.2) is 217 Å². The third kappa shape index (κ3) is 5.88. The van der Waals surface area contributed by atoms with Crippen molar-refractivity contribution in [3.63, 3.8) is 0 Å². The molecule has 0 aliphatic carbocycles. The van der Waals surface area contributed by atoms with E-state index in [1.54, 1.807) is 0 Å². The number of anilines is 3. The number of thiophene rings is 1. The second kappa shape index (κ2) is 13.8. The minimum Gasteiger partial charge on any atom is -0.456 e. The van der Waals surface area contributed by atoms with Crippen LogP contribution in [-0.2, 0) is 0 Å². The number of para-hydroxylation sites is 1. The van der Waals surface area contributed by atoms with E-state index < -0.39 is 0 Å². The van der Waals surface area contributed by atoms with Crippen molar-refractivity contribution in [2.45, 2.75) is 0 Å². The van der Waals surface area contributed by atoms with Gasteiger partial charge in [-0.2, -0.15) is 0 Å². The largest absolute Gasteiger partial charge is 0.456 e. The zero-order valence-corrected chi connectivity index (χ0v) is 31.8. The highest BCUT2D eigenvalue weighted by atomic mass is 32.1. The first-order valence-electron chi connectivity index (χ1n) is 19.3. The maximum absolute atomic E-state index is 6.26. The Morgan fingerprint density at radius 1 is 0.333 bits per heavy atom. The van der Waals surface area contributed by atoms with Crippen molar-refractivity contribution in [1.29, 1.82) is 0 Å². The van der Waals surface area contributed by atoms with Crippen LogP contribution in [0.2, 0.25) is 0 Å². The molecule has 0 N–H and O–H groups in total. The predicted octanol–water partition coefficient (Wildman–Crippen LogP) is 16.1. The molecule has 0 bridgehead atoms. The molecule has 0 amide bonds. The lowest BCUT2D eigenvalue weighted by Gasteiger charge is -2.27. The second-order valence-electron chi connectivity index (χ2n) is 14.5. The normalized spacial score (nSPS) is 11.5. The summed E-state index contributed by atoms with van der Waals surface area (Å²) in [4.78, 5) is 2.43. The number of hydrogen-bond acceptors (Lipinski definition) is 3. The maximum Gasteiger partial charge on any atom is 0.135 e. The third-order valence-electron chi connectivity index (χ3n) is 11.1. The molecule has 0 radical (unpaired) electrons. The molecule has 0 saturated carbocycles. The number of hydrogen-bond donors (Lipinski definition) is 0. The lowest BCUT2D eigenvalue weighted by molar-refractivity contribution is 0.669. The van der Waals surface area contributed by atoms with Gasteiger partial charge in [0.15, 0.2) is 0 Å². The highest BCUT2D eigenvalue weighted by Gasteiger charge is 2.21. The van der Waals surface area contributed by atoms with Crippen LogP contribution in [0, 0.1) is 0 Å². The van der Waals surface area contributed by atoms with E-state index in [4.69, 9.17) is 4.42 Å². The number of rotatable bonds is 7. The van der Waals surface area contributed by atoms with Crippen LogP contribution in [0.1, 0.15) is 0 Å². The zero-order valence-electron chi connectivity index (χ0n) is 31.0. The van der Waals surface area contributed by atoms with Crippen LogP contribution >= 0.6 is 11.3 Å². The molecular weight excluding hydrogens is 711 g/mol. The summed E-state index contributed by atoms with van der Waals surface area (Å²) in [7, 11) is 0. The van der Waals surface area contributed by atoms with Gasteiger partial charge in [-0.1, -0.05) is 158 Å². The van der Waals surface area contributed by atoms with Crippen molar-refractivity contribution in [3.8, 4) is 44.5 Å². The van der Waals surface area contributed by atoms with Crippen LogP contribution in [-0.4, -0.2) is 0 Å². The van der Waals surface area contributed by atoms with Crippen molar-refractivity contribution in [2.24, 2.45) is 0 Å². The molecule has 0 unspecified atom stereocenters. The molecule has 9 aromatic carbocycles. The zero-order chi connectivity index (χ0) is 37.7. The number of benzene rings is 9. The molecule has 0 spiro atoms. The van der Waals surface area contributed by atoms with E-state index in [1.165, 1.54) is 53.6 Å². The van der Waals surface area contributed by atoms with E-state index in [-0.39, 0.29) is 0 Å². The first-order valence-corrected chi connectivity index (χ1v) is 20.1. The molecule has 268 valence electrons. The molecule has 0 aliphatic rings. The van der Waals surface area contributed by atoms with Crippen molar-refractivity contribution in [1.82, 2.24) is 0 Å². The topological polar surface area (TPSA) is 16.4 Å². The Kier molecular flexibility index (Phi) is 8.04. The highest BCUT2D eigenvalue weighted by molar-refractivity contribution is 7.26. The standard InChI is InChI=1S/C54H35NOS/c1-3-12-36(13-4-1)37-22-24-38(25-23-37)39-26-29-42(30-27-39)55(50-19-11-18-47-46-17-8-10-21-53(46)57-54(47)50)43-31-32-44(40-14-5-2-6-15-40)48(35-43)41-28-33-52-49(34-41)45-16-7-9-20-51(45)56-52/h1-35H. The van der Waals surface area contributed by atoms with E-state index in [2.05, 4.69) is 205 Å². The number of furan rings is 1. The van der Waals surface area contributed by atoms with Gasteiger partial charge < -0.3 is 9.32 Å². The maximum atomic E-state index is 6.26. The van der Waals surface area contributed by atoms with Crippen LogP contribution in [0.4, 0.5) is 17.1 Å². The molecule has 2 aromatic heterocycles. The van der Waals surface area contributed by atoms with Gasteiger partial charge >= 0.3 is 0 Å². The molecule has 0 fully saturated rings. The van der Waals surface area contributed by atoms with E-state index in [9.17, 15) is 0 Å². The summed E-state index contributed by atoms with van der Waals surface area (Å²) in [5.74, 6) is 0. The molecule has 3 heteroatoms. The van der Waals surface area contributed by atoms with Gasteiger partial charge in [0.25, 0.3) is 0 Å². The van der Waals surface area contributed by atoms with E-state index in [0.29, 0.717) is 0 Å².